The van der Waals surface area contributed by atoms with Crippen LogP contribution in [-0.4, -0.2) is 37.2 Å². The fourth-order valence-corrected chi connectivity index (χ4v) is 1.97. The first-order valence-electron chi connectivity index (χ1n) is 7.77. The van der Waals surface area contributed by atoms with Gasteiger partial charge < -0.3 is 14.4 Å². The number of nitriles is 1. The molecular weight excluding hydrogens is 327 g/mol. The molecule has 0 heterocycles. The van der Waals surface area contributed by atoms with Crippen molar-refractivity contribution in [3.63, 3.8) is 0 Å². The Hall–Kier alpha value is -2.72. The van der Waals surface area contributed by atoms with E-state index in [-0.39, 0.29) is 19.6 Å². The Morgan fingerprint density at radius 2 is 1.96 bits per heavy atom. The third kappa shape index (κ3) is 6.36. The normalized spacial score (nSPS) is 12.6. The smallest absolute Gasteiger partial charge is 0.335 e. The average molecular weight is 348 g/mol. The summed E-state index contributed by atoms with van der Waals surface area (Å²) in [5.74, 6) is -1.63. The molecule has 1 aromatic carbocycles. The number of esters is 1. The quantitative estimate of drug-likeness (QED) is 0.506. The Bertz CT molecular complexity index is 639. The number of carbonyl (C=O) groups is 2. The van der Waals surface area contributed by atoms with Crippen LogP contribution in [0.5, 0.6) is 0 Å². The van der Waals surface area contributed by atoms with E-state index in [1.807, 2.05) is 6.07 Å². The second kappa shape index (κ2) is 10.2. The minimum absolute atomic E-state index is 0.0859. The molecule has 2 unspecified atom stereocenters. The summed E-state index contributed by atoms with van der Waals surface area (Å²) in [7, 11) is 0. The van der Waals surface area contributed by atoms with Gasteiger partial charge in [-0.3, -0.25) is 4.79 Å². The molecule has 0 spiro atoms. The van der Waals surface area contributed by atoms with Gasteiger partial charge in [0.1, 0.15) is 5.82 Å². The number of hydrogen-bond donors (Lipinski definition) is 0. The number of rotatable bonds is 9. The largest absolute Gasteiger partial charge is 0.451 e. The first-order valence-corrected chi connectivity index (χ1v) is 7.77. The molecule has 0 radical (unpaired) electrons. The predicted octanol–water partition coefficient (Wildman–Crippen LogP) is 2.60. The van der Waals surface area contributed by atoms with Crippen molar-refractivity contribution in [2.24, 2.45) is 0 Å². The zero-order valence-corrected chi connectivity index (χ0v) is 14.3. The number of halogens is 1. The molecule has 0 bridgehead atoms. The Morgan fingerprint density at radius 1 is 1.32 bits per heavy atom. The summed E-state index contributed by atoms with van der Waals surface area (Å²) in [5, 5.41) is 8.77. The first kappa shape index (κ1) is 20.3. The molecule has 2 atom stereocenters. The molecule has 0 aliphatic carbocycles. The van der Waals surface area contributed by atoms with Crippen LogP contribution in [0.3, 0.4) is 0 Å². The molecule has 0 N–H and O–H groups in total. The van der Waals surface area contributed by atoms with Crippen molar-refractivity contribution < 1.29 is 23.5 Å². The highest BCUT2D eigenvalue weighted by atomic mass is 19.1. The summed E-state index contributed by atoms with van der Waals surface area (Å²) < 4.78 is 23.4. The summed E-state index contributed by atoms with van der Waals surface area (Å²) in [4.78, 5) is 25.8. The van der Waals surface area contributed by atoms with Crippen LogP contribution in [0.15, 0.2) is 36.9 Å². The molecule has 1 rings (SSSR count). The van der Waals surface area contributed by atoms with Crippen LogP contribution in [0, 0.1) is 17.1 Å². The minimum Gasteiger partial charge on any atom is -0.451 e. The summed E-state index contributed by atoms with van der Waals surface area (Å²) in [6, 6.07) is 7.23. The maximum Gasteiger partial charge on any atom is 0.335 e. The average Bonchev–Trinajstić information content (AvgIpc) is 2.60. The molecule has 7 heteroatoms. The van der Waals surface area contributed by atoms with Gasteiger partial charge in [-0.25, -0.2) is 9.18 Å². The third-order valence-corrected chi connectivity index (χ3v) is 3.29. The Kier molecular flexibility index (Phi) is 8.30. The Labute approximate surface area is 146 Å². The van der Waals surface area contributed by atoms with Crippen LogP contribution in [-0.2, 0) is 19.1 Å². The van der Waals surface area contributed by atoms with Crippen molar-refractivity contribution in [3.05, 3.63) is 42.7 Å². The zero-order valence-electron chi connectivity index (χ0n) is 14.3. The van der Waals surface area contributed by atoms with E-state index in [0.717, 1.165) is 0 Å². The monoisotopic (exact) mass is 348 g/mol. The van der Waals surface area contributed by atoms with E-state index in [1.54, 1.807) is 0 Å². The third-order valence-electron chi connectivity index (χ3n) is 3.29. The lowest BCUT2D eigenvalue weighted by Crippen LogP contribution is -2.42. The first-order chi connectivity index (χ1) is 11.9. The summed E-state index contributed by atoms with van der Waals surface area (Å²) in [5.41, 5.74) is 0.417. The molecule has 0 aromatic heterocycles. The van der Waals surface area contributed by atoms with Gasteiger partial charge in [0, 0.05) is 12.2 Å². The van der Waals surface area contributed by atoms with Gasteiger partial charge in [0.25, 0.3) is 5.91 Å². The fraction of sp³-hybridized carbons (Fsp3) is 0.389. The van der Waals surface area contributed by atoms with Crippen molar-refractivity contribution in [2.75, 3.05) is 18.1 Å². The molecule has 6 nitrogen and oxygen atoms in total. The number of hydrogen-bond acceptors (Lipinski definition) is 5. The highest BCUT2D eigenvalue weighted by Crippen LogP contribution is 2.17. The van der Waals surface area contributed by atoms with Gasteiger partial charge >= 0.3 is 5.97 Å². The van der Waals surface area contributed by atoms with E-state index in [0.29, 0.717) is 5.69 Å². The lowest BCUT2D eigenvalue weighted by molar-refractivity contribution is -0.163. The van der Waals surface area contributed by atoms with Crippen LogP contribution in [0.4, 0.5) is 10.1 Å². The van der Waals surface area contributed by atoms with E-state index in [2.05, 4.69) is 6.58 Å². The lowest BCUT2D eigenvalue weighted by Gasteiger charge is -2.25. The molecule has 1 aromatic rings. The highest BCUT2D eigenvalue weighted by molar-refractivity contribution is 5.97. The number of amides is 1. The van der Waals surface area contributed by atoms with Crippen LogP contribution in [0.1, 0.15) is 20.3 Å². The predicted molar refractivity (Wildman–Crippen MR) is 90.1 cm³/mol. The molecule has 134 valence electrons. The number of carbonyl (C=O) groups excluding carboxylic acids is 2. The second-order valence-corrected chi connectivity index (χ2v) is 5.22. The highest BCUT2D eigenvalue weighted by Gasteiger charge is 2.27. The van der Waals surface area contributed by atoms with Crippen molar-refractivity contribution in [2.45, 2.75) is 32.5 Å². The topological polar surface area (TPSA) is 79.6 Å². The van der Waals surface area contributed by atoms with E-state index >= 15 is 0 Å². The minimum atomic E-state index is -1.08. The molecule has 0 fully saturated rings. The van der Waals surface area contributed by atoms with Crippen molar-refractivity contribution in [3.8, 4) is 6.07 Å². The van der Waals surface area contributed by atoms with Crippen LogP contribution < -0.4 is 4.90 Å². The van der Waals surface area contributed by atoms with Gasteiger partial charge in [-0.2, -0.15) is 5.26 Å². The molecule has 1 amide bonds. The van der Waals surface area contributed by atoms with E-state index in [1.165, 1.54) is 49.1 Å². The molecule has 0 saturated carbocycles. The maximum atomic E-state index is 13.1. The SMILES string of the molecule is C=CCOC(C)C(=O)OC(C)C(=O)N(CCC#N)c1ccc(F)cc1. The summed E-state index contributed by atoms with van der Waals surface area (Å²) in [6.07, 6.45) is -0.336. The van der Waals surface area contributed by atoms with Gasteiger partial charge in [0.05, 0.1) is 19.1 Å². The van der Waals surface area contributed by atoms with Gasteiger partial charge in [-0.15, -0.1) is 6.58 Å². The number of benzene rings is 1. The number of anilines is 1. The standard InChI is InChI=1S/C18H21FN2O4/c1-4-12-24-14(3)18(23)25-13(2)17(22)21(11-5-10-20)16-8-6-15(19)7-9-16/h4,6-9,13-14H,1,5,11-12H2,2-3H3. The second-order valence-electron chi connectivity index (χ2n) is 5.22. The maximum absolute atomic E-state index is 13.1. The van der Waals surface area contributed by atoms with E-state index in [4.69, 9.17) is 14.7 Å². The Morgan fingerprint density at radius 3 is 2.52 bits per heavy atom. The van der Waals surface area contributed by atoms with Crippen LogP contribution in [0.2, 0.25) is 0 Å². The van der Waals surface area contributed by atoms with Crippen LogP contribution >= 0.6 is 0 Å². The summed E-state index contributed by atoms with van der Waals surface area (Å²) >= 11 is 0. The van der Waals surface area contributed by atoms with Crippen LogP contribution in [0.25, 0.3) is 0 Å². The number of nitrogens with zero attached hydrogens (tertiary/aromatic N) is 2. The fourth-order valence-electron chi connectivity index (χ4n) is 1.97. The zero-order chi connectivity index (χ0) is 18.8. The van der Waals surface area contributed by atoms with Crippen molar-refractivity contribution in [1.82, 2.24) is 0 Å². The molecule has 0 aliphatic rings. The molecule has 25 heavy (non-hydrogen) atoms. The lowest BCUT2D eigenvalue weighted by atomic mass is 10.2. The number of ether oxygens (including phenoxy) is 2. The van der Waals surface area contributed by atoms with Crippen molar-refractivity contribution in [1.29, 1.82) is 5.26 Å². The van der Waals surface area contributed by atoms with Gasteiger partial charge in [0.2, 0.25) is 0 Å². The van der Waals surface area contributed by atoms with Crippen molar-refractivity contribution >= 4 is 17.6 Å². The molecule has 0 saturated heterocycles. The van der Waals surface area contributed by atoms with Gasteiger partial charge in [-0.1, -0.05) is 6.08 Å². The summed E-state index contributed by atoms with van der Waals surface area (Å²) in [6.45, 7) is 6.71. The molecule has 0 aliphatic heterocycles. The molecular formula is C18H21FN2O4. The van der Waals surface area contributed by atoms with E-state index in [9.17, 15) is 14.0 Å². The van der Waals surface area contributed by atoms with Gasteiger partial charge in [0.15, 0.2) is 12.2 Å². The Balaban J connectivity index is 2.82. The van der Waals surface area contributed by atoms with Gasteiger partial charge in [-0.05, 0) is 38.1 Å². The van der Waals surface area contributed by atoms with E-state index < -0.39 is 29.9 Å².